The summed E-state index contributed by atoms with van der Waals surface area (Å²) in [5.41, 5.74) is -0.387. The number of hydrogen-bond acceptors (Lipinski definition) is 7. The summed E-state index contributed by atoms with van der Waals surface area (Å²) in [6.07, 6.45) is 3.17. The molecule has 180 valence electrons. The van der Waals surface area contributed by atoms with Crippen LogP contribution in [0.5, 0.6) is 0 Å². The number of rotatable bonds is 4. The number of urea groups is 1. The smallest absolute Gasteiger partial charge is 0.410 e. The third-order valence-corrected chi connectivity index (χ3v) is 4.10. The Kier molecular flexibility index (Phi) is 16.3. The van der Waals surface area contributed by atoms with Crippen LogP contribution in [0.3, 0.4) is 0 Å². The Morgan fingerprint density at radius 1 is 0.968 bits per heavy atom. The van der Waals surface area contributed by atoms with Crippen molar-refractivity contribution in [2.45, 2.75) is 53.1 Å². The number of carbonyl (C=O) groups is 2. The lowest BCUT2D eigenvalue weighted by molar-refractivity contribution is 0.0229. The van der Waals surface area contributed by atoms with Crippen molar-refractivity contribution in [3.05, 3.63) is 0 Å². The number of ether oxygens (including phenoxy) is 1. The highest BCUT2D eigenvalue weighted by molar-refractivity contribution is 5.74. The maximum atomic E-state index is 11.5. The molecule has 31 heavy (non-hydrogen) atoms. The molecule has 2 saturated heterocycles. The molecule has 0 saturated carbocycles. The normalized spacial score (nSPS) is 15.9. The van der Waals surface area contributed by atoms with E-state index in [1.54, 1.807) is 4.90 Å². The van der Waals surface area contributed by atoms with Gasteiger partial charge in [-0.15, -0.1) is 0 Å². The van der Waals surface area contributed by atoms with Crippen molar-refractivity contribution in [2.75, 3.05) is 65.4 Å². The van der Waals surface area contributed by atoms with Gasteiger partial charge < -0.3 is 30.5 Å². The standard InChI is InChI=1S/C9H18N2O2.C8H17N3O.C4H7NO/c1-9(2,3)13-8(12)11-6-4-10-5-7-11;1-2-3-10-8(12)11-6-4-9-5-7-11;1-2-3-5-4-6/h10H,4-7H2,1-3H3;9H,2-7H2,1H3,(H,10,12);2-3H2,1H3. The number of piperazine rings is 2. The van der Waals surface area contributed by atoms with E-state index in [0.29, 0.717) is 6.54 Å². The fourth-order valence-corrected chi connectivity index (χ4v) is 2.54. The second-order valence-corrected chi connectivity index (χ2v) is 8.16. The average Bonchev–Trinajstić information content (AvgIpc) is 2.77. The van der Waals surface area contributed by atoms with E-state index in [1.807, 2.05) is 32.6 Å². The average molecular weight is 443 g/mol. The van der Waals surface area contributed by atoms with Gasteiger partial charge in [0.15, 0.2) is 0 Å². The van der Waals surface area contributed by atoms with Gasteiger partial charge in [0, 0.05) is 58.9 Å². The first-order valence-corrected chi connectivity index (χ1v) is 11.2. The third kappa shape index (κ3) is 16.2. The highest BCUT2D eigenvalue weighted by Gasteiger charge is 2.22. The van der Waals surface area contributed by atoms with Crippen molar-refractivity contribution in [2.24, 2.45) is 4.99 Å². The Hall–Kier alpha value is -2.16. The lowest BCUT2D eigenvalue weighted by Crippen LogP contribution is -2.50. The van der Waals surface area contributed by atoms with E-state index < -0.39 is 0 Å². The quantitative estimate of drug-likeness (QED) is 0.450. The van der Waals surface area contributed by atoms with Crippen LogP contribution in [0.2, 0.25) is 0 Å². The summed E-state index contributed by atoms with van der Waals surface area (Å²) in [7, 11) is 0. The molecule has 10 heteroatoms. The van der Waals surface area contributed by atoms with E-state index in [4.69, 9.17) is 4.74 Å². The predicted molar refractivity (Wildman–Crippen MR) is 122 cm³/mol. The Morgan fingerprint density at radius 2 is 1.48 bits per heavy atom. The van der Waals surface area contributed by atoms with Gasteiger partial charge in [0.1, 0.15) is 5.60 Å². The number of amides is 3. The molecule has 2 aliphatic rings. The molecule has 2 aliphatic heterocycles. The van der Waals surface area contributed by atoms with Crippen molar-refractivity contribution in [3.63, 3.8) is 0 Å². The van der Waals surface area contributed by atoms with Crippen LogP contribution >= 0.6 is 0 Å². The van der Waals surface area contributed by atoms with Crippen molar-refractivity contribution in [1.82, 2.24) is 25.8 Å². The monoisotopic (exact) mass is 442 g/mol. The minimum atomic E-state index is -0.387. The van der Waals surface area contributed by atoms with Gasteiger partial charge in [-0.3, -0.25) is 0 Å². The summed E-state index contributed by atoms with van der Waals surface area (Å²) in [6.45, 7) is 17.8. The first kappa shape index (κ1) is 28.8. The van der Waals surface area contributed by atoms with E-state index in [0.717, 1.165) is 71.7 Å². The van der Waals surface area contributed by atoms with E-state index >= 15 is 0 Å². The van der Waals surface area contributed by atoms with Crippen LogP contribution in [0, 0.1) is 0 Å². The zero-order valence-corrected chi connectivity index (χ0v) is 20.0. The second-order valence-electron chi connectivity index (χ2n) is 8.16. The van der Waals surface area contributed by atoms with Gasteiger partial charge in [0.05, 0.1) is 6.54 Å². The van der Waals surface area contributed by atoms with Crippen LogP contribution in [0.1, 0.15) is 47.5 Å². The first-order chi connectivity index (χ1) is 14.7. The lowest BCUT2D eigenvalue weighted by atomic mass is 10.2. The first-order valence-electron chi connectivity index (χ1n) is 11.2. The minimum absolute atomic E-state index is 0.0818. The molecule has 0 aromatic heterocycles. The van der Waals surface area contributed by atoms with Crippen molar-refractivity contribution in [3.8, 4) is 0 Å². The molecule has 0 spiro atoms. The van der Waals surface area contributed by atoms with Crippen LogP contribution in [0.25, 0.3) is 0 Å². The Morgan fingerprint density at radius 3 is 1.87 bits per heavy atom. The minimum Gasteiger partial charge on any atom is -0.444 e. The highest BCUT2D eigenvalue weighted by Crippen LogP contribution is 2.10. The number of carbonyl (C=O) groups excluding carboxylic acids is 3. The van der Waals surface area contributed by atoms with Gasteiger partial charge in [0.25, 0.3) is 0 Å². The van der Waals surface area contributed by atoms with Gasteiger partial charge in [-0.05, 0) is 33.6 Å². The fraction of sp³-hybridized carbons (Fsp3) is 0.857. The largest absolute Gasteiger partial charge is 0.444 e. The molecular weight excluding hydrogens is 400 g/mol. The molecule has 10 nitrogen and oxygen atoms in total. The van der Waals surface area contributed by atoms with Crippen molar-refractivity contribution < 1.29 is 19.1 Å². The summed E-state index contributed by atoms with van der Waals surface area (Å²) < 4.78 is 5.24. The molecule has 3 amide bonds. The van der Waals surface area contributed by atoms with Crippen LogP contribution in [-0.2, 0) is 9.53 Å². The number of nitrogens with zero attached hydrogens (tertiary/aromatic N) is 3. The van der Waals surface area contributed by atoms with E-state index in [1.165, 1.54) is 6.08 Å². The molecule has 0 bridgehead atoms. The van der Waals surface area contributed by atoms with Gasteiger partial charge in [-0.1, -0.05) is 13.8 Å². The molecule has 0 radical (unpaired) electrons. The number of nitrogens with one attached hydrogen (secondary N) is 3. The summed E-state index contributed by atoms with van der Waals surface area (Å²) in [5, 5.41) is 9.25. The molecule has 2 rings (SSSR count). The molecular formula is C21H42N6O4. The summed E-state index contributed by atoms with van der Waals surface area (Å²) in [6, 6.07) is 0.0818. The molecule has 0 atom stereocenters. The Balaban J connectivity index is 0.000000466. The summed E-state index contributed by atoms with van der Waals surface area (Å²) in [5.74, 6) is 0. The van der Waals surface area contributed by atoms with Gasteiger partial charge in [-0.2, -0.15) is 0 Å². The van der Waals surface area contributed by atoms with Crippen molar-refractivity contribution in [1.29, 1.82) is 0 Å². The molecule has 0 unspecified atom stereocenters. The Bertz CT molecular complexity index is 534. The second kappa shape index (κ2) is 17.5. The summed E-state index contributed by atoms with van der Waals surface area (Å²) >= 11 is 0. The zero-order chi connectivity index (χ0) is 23.5. The molecule has 2 fully saturated rings. The summed E-state index contributed by atoms with van der Waals surface area (Å²) in [4.78, 5) is 39.0. The van der Waals surface area contributed by atoms with Crippen LogP contribution in [0.15, 0.2) is 4.99 Å². The molecule has 0 aliphatic carbocycles. The van der Waals surface area contributed by atoms with E-state index in [9.17, 15) is 14.4 Å². The fourth-order valence-electron chi connectivity index (χ4n) is 2.54. The molecule has 0 aromatic carbocycles. The van der Waals surface area contributed by atoms with E-state index in [-0.39, 0.29) is 17.7 Å². The van der Waals surface area contributed by atoms with Gasteiger partial charge in [-0.25, -0.2) is 19.4 Å². The Labute approximate surface area is 187 Å². The van der Waals surface area contributed by atoms with Crippen molar-refractivity contribution >= 4 is 18.2 Å². The highest BCUT2D eigenvalue weighted by atomic mass is 16.6. The van der Waals surface area contributed by atoms with Crippen LogP contribution < -0.4 is 16.0 Å². The molecule has 2 heterocycles. The number of aliphatic imine (C=N–C) groups is 1. The SMILES string of the molecule is CC(C)(C)OC(=O)N1CCNCC1.CCCN=C=O.CCCNC(=O)N1CCNCC1. The van der Waals surface area contributed by atoms with E-state index in [2.05, 4.69) is 27.9 Å². The van der Waals surface area contributed by atoms with Crippen LogP contribution in [0.4, 0.5) is 9.59 Å². The number of isocyanates is 1. The molecule has 3 N–H and O–H groups in total. The maximum absolute atomic E-state index is 11.5. The zero-order valence-electron chi connectivity index (χ0n) is 20.0. The predicted octanol–water partition coefficient (Wildman–Crippen LogP) is 1.57. The molecule has 0 aromatic rings. The van der Waals surface area contributed by atoms with Crippen LogP contribution in [-0.4, -0.2) is 99.1 Å². The van der Waals surface area contributed by atoms with Gasteiger partial charge in [0.2, 0.25) is 6.08 Å². The van der Waals surface area contributed by atoms with Gasteiger partial charge >= 0.3 is 12.1 Å². The lowest BCUT2D eigenvalue weighted by Gasteiger charge is -2.30. The topological polar surface area (TPSA) is 115 Å². The maximum Gasteiger partial charge on any atom is 0.410 e. The third-order valence-electron chi connectivity index (χ3n) is 4.10. The number of hydrogen-bond donors (Lipinski definition) is 3.